The third-order valence-electron chi connectivity index (χ3n) is 10.3. The van der Waals surface area contributed by atoms with Gasteiger partial charge in [-0.3, -0.25) is 24.0 Å². The number of rotatable bonds is 6. The molecule has 1 fully saturated rings. The standard InChI is InChI=1S/C36H58N2O12/c1-13-27-36(10,44)32-20(4)28(37-23(7)39)18(2)15-35(9,46-17-25(41)16-45-32)31(21(5)29(42)22(6)33(43)49-27)50-34-30(48-24(8)40)26(38(11)12)14-19(3)47-34/h19-22,26-27,30-32,34,44H,13-17H2,1-12H3,(H,37,39)/b28-18+/t19-,20+,21+,22-,26+,27-,30-,31-,32-,34+,35-,36-/m1/s1. The van der Waals surface area contributed by atoms with Gasteiger partial charge in [0.15, 0.2) is 24.0 Å². The number of carbonyl (C=O) groups is 5. The lowest BCUT2D eigenvalue weighted by Crippen LogP contribution is -2.60. The molecule has 3 rings (SSSR count). The number of amides is 1. The number of ether oxygens (including phenoxy) is 6. The van der Waals surface area contributed by atoms with E-state index in [0.717, 1.165) is 0 Å². The molecule has 0 unspecified atom stereocenters. The summed E-state index contributed by atoms with van der Waals surface area (Å²) in [4.78, 5) is 68.2. The summed E-state index contributed by atoms with van der Waals surface area (Å²) in [6, 6.07) is -0.310. The molecule has 0 aromatic heterocycles. The smallest absolute Gasteiger partial charge is 0.316 e. The van der Waals surface area contributed by atoms with Gasteiger partial charge in [0, 0.05) is 37.8 Å². The average Bonchev–Trinajstić information content (AvgIpc) is 3.03. The monoisotopic (exact) mass is 710 g/mol. The van der Waals surface area contributed by atoms with E-state index in [2.05, 4.69) is 5.32 Å². The number of cyclic esters (lactones) is 1. The first-order valence-corrected chi connectivity index (χ1v) is 17.5. The van der Waals surface area contributed by atoms with Crippen LogP contribution < -0.4 is 5.32 Å². The fourth-order valence-electron chi connectivity index (χ4n) is 7.69. The number of hydrogen-bond acceptors (Lipinski definition) is 13. The Morgan fingerprint density at radius 1 is 1.04 bits per heavy atom. The molecule has 14 heteroatoms. The zero-order valence-electron chi connectivity index (χ0n) is 31.7. The van der Waals surface area contributed by atoms with Gasteiger partial charge in [0.25, 0.3) is 0 Å². The van der Waals surface area contributed by atoms with Crippen molar-refractivity contribution in [2.45, 2.75) is 143 Å². The normalized spacial score (nSPS) is 41.0. The largest absolute Gasteiger partial charge is 0.459 e. The van der Waals surface area contributed by atoms with Gasteiger partial charge in [0.1, 0.15) is 30.8 Å². The lowest BCUT2D eigenvalue weighted by atomic mass is 9.77. The first-order valence-electron chi connectivity index (χ1n) is 17.5. The molecule has 3 heterocycles. The molecule has 0 aromatic carbocycles. The predicted octanol–water partition coefficient (Wildman–Crippen LogP) is 2.48. The quantitative estimate of drug-likeness (QED) is 0.304. The van der Waals surface area contributed by atoms with Crippen LogP contribution in [0, 0.1) is 17.8 Å². The molecule has 0 aromatic rings. The molecule has 0 radical (unpaired) electrons. The number of nitrogens with zero attached hydrogens (tertiary/aromatic N) is 1. The molecule has 12 atom stereocenters. The van der Waals surface area contributed by atoms with Crippen LogP contribution in [-0.2, 0) is 52.4 Å². The van der Waals surface area contributed by atoms with Crippen LogP contribution in [0.5, 0.6) is 0 Å². The average molecular weight is 711 g/mol. The van der Waals surface area contributed by atoms with Crippen molar-refractivity contribution in [2.75, 3.05) is 27.3 Å². The van der Waals surface area contributed by atoms with E-state index in [-0.39, 0.29) is 30.9 Å². The van der Waals surface area contributed by atoms with Gasteiger partial charge in [-0.25, -0.2) is 0 Å². The number of carbonyl (C=O) groups excluding carboxylic acids is 5. The minimum absolute atomic E-state index is 0.0328. The van der Waals surface area contributed by atoms with Gasteiger partial charge < -0.3 is 43.7 Å². The molecule has 2 bridgehead atoms. The van der Waals surface area contributed by atoms with E-state index < -0.39 is 96.4 Å². The maximum Gasteiger partial charge on any atom is 0.316 e. The number of aliphatic hydroxyl groups is 1. The van der Waals surface area contributed by atoms with E-state index in [4.69, 9.17) is 28.4 Å². The lowest BCUT2D eigenvalue weighted by Gasteiger charge is -2.47. The third kappa shape index (κ3) is 9.37. The Labute approximate surface area is 295 Å². The number of hydrogen-bond donors (Lipinski definition) is 2. The van der Waals surface area contributed by atoms with Crippen LogP contribution in [0.15, 0.2) is 11.3 Å². The van der Waals surface area contributed by atoms with Crippen LogP contribution in [0.4, 0.5) is 0 Å². The molecular formula is C36H58N2O12. The van der Waals surface area contributed by atoms with Crippen molar-refractivity contribution >= 4 is 29.4 Å². The molecule has 14 nitrogen and oxygen atoms in total. The summed E-state index contributed by atoms with van der Waals surface area (Å²) >= 11 is 0. The lowest BCUT2D eigenvalue weighted by molar-refractivity contribution is -0.298. The first-order chi connectivity index (χ1) is 23.1. The van der Waals surface area contributed by atoms with Crippen molar-refractivity contribution in [3.05, 3.63) is 11.3 Å². The second-order valence-corrected chi connectivity index (χ2v) is 14.9. The van der Waals surface area contributed by atoms with Gasteiger partial charge in [-0.2, -0.15) is 0 Å². The summed E-state index contributed by atoms with van der Waals surface area (Å²) in [5.74, 6) is -5.86. The molecule has 1 saturated heterocycles. The fourth-order valence-corrected chi connectivity index (χ4v) is 7.69. The SMILES string of the molecule is CC[C@H]1OC(=O)[C@H](C)C(=O)[C@H](C)[C@@H](O[C@@H]2O[C@H](C)C[C@H](N(C)C)[C@H]2OC(C)=O)[C@@]2(C)C/C(C)=C(/NC(C)=O)[C@H](C)[C@@H](OCC(=O)CO2)[C@]1(C)O. The van der Waals surface area contributed by atoms with Crippen molar-refractivity contribution in [3.8, 4) is 0 Å². The first kappa shape index (κ1) is 41.7. The van der Waals surface area contributed by atoms with Crippen LogP contribution in [0.3, 0.4) is 0 Å². The van der Waals surface area contributed by atoms with Crippen molar-refractivity contribution in [2.24, 2.45) is 17.8 Å². The van der Waals surface area contributed by atoms with Gasteiger partial charge in [-0.15, -0.1) is 0 Å². The molecule has 0 aliphatic carbocycles. The van der Waals surface area contributed by atoms with Crippen molar-refractivity contribution in [1.29, 1.82) is 0 Å². The highest BCUT2D eigenvalue weighted by Crippen LogP contribution is 2.40. The highest BCUT2D eigenvalue weighted by Gasteiger charge is 2.52. The van der Waals surface area contributed by atoms with Crippen molar-refractivity contribution in [3.63, 3.8) is 0 Å². The van der Waals surface area contributed by atoms with Gasteiger partial charge in [0.05, 0.1) is 30.0 Å². The molecule has 284 valence electrons. The van der Waals surface area contributed by atoms with Gasteiger partial charge in [-0.05, 0) is 61.6 Å². The van der Waals surface area contributed by atoms with Crippen molar-refractivity contribution in [1.82, 2.24) is 10.2 Å². The van der Waals surface area contributed by atoms with E-state index in [9.17, 15) is 29.1 Å². The Balaban J connectivity index is 2.35. The summed E-state index contributed by atoms with van der Waals surface area (Å²) < 4.78 is 37.2. The number of ketones is 2. The Bertz CT molecular complexity index is 1310. The molecular weight excluding hydrogens is 652 g/mol. The Hall–Kier alpha value is -2.75. The number of Topliss-reactive ketones (excluding diaryl/α,β-unsaturated/α-hetero) is 2. The maximum absolute atomic E-state index is 14.3. The zero-order chi connectivity index (χ0) is 37.9. The molecule has 2 N–H and O–H groups in total. The van der Waals surface area contributed by atoms with E-state index in [1.54, 1.807) is 34.6 Å². The Morgan fingerprint density at radius 3 is 2.24 bits per heavy atom. The summed E-state index contributed by atoms with van der Waals surface area (Å²) in [5.41, 5.74) is -2.32. The van der Waals surface area contributed by atoms with Gasteiger partial charge >= 0.3 is 11.9 Å². The molecule has 50 heavy (non-hydrogen) atoms. The summed E-state index contributed by atoms with van der Waals surface area (Å²) in [5, 5.41) is 14.9. The minimum atomic E-state index is -1.86. The molecule has 3 aliphatic rings. The highest BCUT2D eigenvalue weighted by atomic mass is 16.7. The van der Waals surface area contributed by atoms with Crippen LogP contribution in [-0.4, -0.2) is 121 Å². The topological polar surface area (TPSA) is 176 Å². The second kappa shape index (κ2) is 16.7. The predicted molar refractivity (Wildman–Crippen MR) is 180 cm³/mol. The zero-order valence-corrected chi connectivity index (χ0v) is 31.7. The number of fused-ring (bicyclic) bond motifs is 4. The molecule has 3 aliphatic heterocycles. The molecule has 1 amide bonds. The van der Waals surface area contributed by atoms with Crippen LogP contribution in [0.2, 0.25) is 0 Å². The van der Waals surface area contributed by atoms with Crippen LogP contribution in [0.1, 0.15) is 88.5 Å². The third-order valence-corrected chi connectivity index (χ3v) is 10.3. The maximum atomic E-state index is 14.3. The number of esters is 2. The summed E-state index contributed by atoms with van der Waals surface area (Å²) in [6.07, 6.45) is -5.17. The summed E-state index contributed by atoms with van der Waals surface area (Å²) in [7, 11) is 3.71. The second-order valence-electron chi connectivity index (χ2n) is 14.9. The van der Waals surface area contributed by atoms with Gasteiger partial charge in [0.2, 0.25) is 5.91 Å². The molecule has 0 saturated carbocycles. The van der Waals surface area contributed by atoms with E-state index in [1.165, 1.54) is 27.7 Å². The highest BCUT2D eigenvalue weighted by molar-refractivity contribution is 6.00. The number of likely N-dealkylation sites (N-methyl/N-ethyl adjacent to an activating group) is 1. The fraction of sp³-hybridized carbons (Fsp3) is 0.806. The van der Waals surface area contributed by atoms with Gasteiger partial charge in [-0.1, -0.05) is 26.3 Å². The summed E-state index contributed by atoms with van der Waals surface area (Å²) in [6.45, 7) is 15.0. The van der Waals surface area contributed by atoms with Crippen molar-refractivity contribution < 1.29 is 57.5 Å². The molecule has 0 spiro atoms. The Kier molecular flexibility index (Phi) is 13.9. The van der Waals surface area contributed by atoms with Crippen LogP contribution >= 0.6 is 0 Å². The number of nitrogens with one attached hydrogen (secondary N) is 1. The van der Waals surface area contributed by atoms with E-state index >= 15 is 0 Å². The van der Waals surface area contributed by atoms with E-state index in [0.29, 0.717) is 17.7 Å². The van der Waals surface area contributed by atoms with E-state index in [1.807, 2.05) is 25.9 Å². The van der Waals surface area contributed by atoms with Crippen LogP contribution in [0.25, 0.3) is 0 Å². The minimum Gasteiger partial charge on any atom is -0.459 e. The Morgan fingerprint density at radius 2 is 1.68 bits per heavy atom.